The van der Waals surface area contributed by atoms with E-state index in [2.05, 4.69) is 0 Å². The van der Waals surface area contributed by atoms with E-state index >= 15 is 0 Å². The smallest absolute Gasteiger partial charge is 0.338 e. The third-order valence-electron chi connectivity index (χ3n) is 4.84. The van der Waals surface area contributed by atoms with E-state index in [0.29, 0.717) is 11.3 Å². The molecular weight excluding hydrogens is 444 g/mol. The van der Waals surface area contributed by atoms with Crippen LogP contribution in [0.4, 0.5) is 5.69 Å². The first-order valence-electron chi connectivity index (χ1n) is 9.31. The molecule has 0 saturated carbocycles. The maximum Gasteiger partial charge on any atom is 0.338 e. The fraction of sp³-hybridized carbons (Fsp3) is 0.300. The Morgan fingerprint density at radius 1 is 1.23 bits per heavy atom. The van der Waals surface area contributed by atoms with Gasteiger partial charge in [0, 0.05) is 24.1 Å². The minimum atomic E-state index is -3.16. The number of amides is 1. The van der Waals surface area contributed by atoms with Crippen LogP contribution in [0, 0.1) is 10.1 Å². The van der Waals surface area contributed by atoms with Crippen molar-refractivity contribution in [2.75, 3.05) is 25.2 Å². The molecule has 1 aliphatic rings. The maximum absolute atomic E-state index is 12.3. The summed E-state index contributed by atoms with van der Waals surface area (Å²) in [4.78, 5) is 37.9. The Kier molecular flexibility index (Phi) is 6.96. The topological polar surface area (TPSA) is 124 Å². The molecule has 0 N–H and O–H groups in total. The molecule has 9 nitrogen and oxygen atoms in total. The summed E-state index contributed by atoms with van der Waals surface area (Å²) < 4.78 is 28.1. The second-order valence-electron chi connectivity index (χ2n) is 6.99. The van der Waals surface area contributed by atoms with Crippen LogP contribution in [0.2, 0.25) is 0 Å². The van der Waals surface area contributed by atoms with Crippen molar-refractivity contribution in [1.82, 2.24) is 4.90 Å². The summed E-state index contributed by atoms with van der Waals surface area (Å²) in [5.74, 6) is -1.51. The second kappa shape index (κ2) is 9.48. The molecule has 1 atom stereocenters. The van der Waals surface area contributed by atoms with Crippen LogP contribution in [0.25, 0.3) is 0 Å². The maximum atomic E-state index is 12.3. The zero-order chi connectivity index (χ0) is 22.6. The first-order chi connectivity index (χ1) is 14.7. The number of rotatable bonds is 7. The van der Waals surface area contributed by atoms with E-state index in [4.69, 9.17) is 4.74 Å². The van der Waals surface area contributed by atoms with Crippen LogP contribution in [-0.4, -0.2) is 61.3 Å². The molecule has 1 unspecified atom stereocenters. The Hall–Kier alpha value is -2.92. The molecule has 2 aromatic carbocycles. The lowest BCUT2D eigenvalue weighted by atomic mass is 10.2. The van der Waals surface area contributed by atoms with E-state index in [0.717, 1.165) is 11.0 Å². The summed E-state index contributed by atoms with van der Waals surface area (Å²) in [5, 5.41) is 11.5. The van der Waals surface area contributed by atoms with Crippen molar-refractivity contribution in [3.63, 3.8) is 0 Å². The van der Waals surface area contributed by atoms with Crippen LogP contribution in [0.3, 0.4) is 0 Å². The van der Waals surface area contributed by atoms with Crippen LogP contribution < -0.4 is 0 Å². The number of nitrogens with zero attached hydrogens (tertiary/aromatic N) is 2. The third-order valence-corrected chi connectivity index (χ3v) is 7.66. The van der Waals surface area contributed by atoms with Gasteiger partial charge in [0.05, 0.1) is 26.9 Å². The highest BCUT2D eigenvalue weighted by atomic mass is 32.2. The monoisotopic (exact) mass is 464 g/mol. The van der Waals surface area contributed by atoms with Gasteiger partial charge >= 0.3 is 5.97 Å². The first kappa shape index (κ1) is 22.8. The van der Waals surface area contributed by atoms with Crippen LogP contribution in [0.1, 0.15) is 16.8 Å². The van der Waals surface area contributed by atoms with Gasteiger partial charge in [-0.1, -0.05) is 30.0 Å². The van der Waals surface area contributed by atoms with Gasteiger partial charge in [0.2, 0.25) is 0 Å². The predicted molar refractivity (Wildman–Crippen MR) is 114 cm³/mol. The minimum Gasteiger partial charge on any atom is -0.452 e. The number of sulfone groups is 1. The van der Waals surface area contributed by atoms with E-state index in [1.165, 1.54) is 35.8 Å². The quantitative estimate of drug-likeness (QED) is 0.348. The van der Waals surface area contributed by atoms with Gasteiger partial charge in [-0.05, 0) is 30.7 Å². The average Bonchev–Trinajstić information content (AvgIpc) is 3.11. The van der Waals surface area contributed by atoms with E-state index in [9.17, 15) is 28.1 Å². The second-order valence-corrected chi connectivity index (χ2v) is 10.3. The highest BCUT2D eigenvalue weighted by Crippen LogP contribution is 2.35. The number of benzene rings is 2. The van der Waals surface area contributed by atoms with Gasteiger partial charge < -0.3 is 9.64 Å². The number of nitro benzene ring substituents is 1. The predicted octanol–water partition coefficient (Wildman–Crippen LogP) is 2.55. The van der Waals surface area contributed by atoms with Crippen molar-refractivity contribution in [1.29, 1.82) is 0 Å². The molecule has 0 aromatic heterocycles. The van der Waals surface area contributed by atoms with Gasteiger partial charge in [-0.25, -0.2) is 13.2 Å². The molecule has 0 bridgehead atoms. The lowest BCUT2D eigenvalue weighted by Crippen LogP contribution is -2.40. The highest BCUT2D eigenvalue weighted by molar-refractivity contribution is 7.99. The Balaban J connectivity index is 1.65. The molecule has 2 aromatic rings. The Morgan fingerprint density at radius 3 is 2.55 bits per heavy atom. The largest absolute Gasteiger partial charge is 0.452 e. The van der Waals surface area contributed by atoms with Gasteiger partial charge in [0.1, 0.15) is 0 Å². The van der Waals surface area contributed by atoms with Gasteiger partial charge in [-0.15, -0.1) is 0 Å². The van der Waals surface area contributed by atoms with Crippen LogP contribution in [-0.2, 0) is 19.4 Å². The molecule has 1 fully saturated rings. The SMILES string of the molecule is CN(C(=O)COC(=O)c1ccc(Sc2ccccc2)c([N+](=O)[O-])c1)C1CCS(=O)(=O)C1. The van der Waals surface area contributed by atoms with Crippen LogP contribution >= 0.6 is 11.8 Å². The molecule has 0 spiro atoms. The van der Waals surface area contributed by atoms with Crippen molar-refractivity contribution < 1.29 is 27.7 Å². The van der Waals surface area contributed by atoms with Gasteiger partial charge in [0.25, 0.3) is 11.6 Å². The molecule has 11 heteroatoms. The summed E-state index contributed by atoms with van der Waals surface area (Å²) in [6.45, 7) is -0.583. The van der Waals surface area contributed by atoms with E-state index in [1.54, 1.807) is 0 Å². The summed E-state index contributed by atoms with van der Waals surface area (Å²) in [6.07, 6.45) is 0.339. The summed E-state index contributed by atoms with van der Waals surface area (Å²) in [6, 6.07) is 12.6. The molecule has 31 heavy (non-hydrogen) atoms. The summed E-state index contributed by atoms with van der Waals surface area (Å²) >= 11 is 1.20. The van der Waals surface area contributed by atoms with Crippen molar-refractivity contribution in [3.05, 3.63) is 64.2 Å². The zero-order valence-corrected chi connectivity index (χ0v) is 18.2. The third kappa shape index (κ3) is 5.82. The van der Waals surface area contributed by atoms with Crippen molar-refractivity contribution in [2.24, 2.45) is 0 Å². The first-order valence-corrected chi connectivity index (χ1v) is 11.9. The van der Waals surface area contributed by atoms with Crippen LogP contribution in [0.15, 0.2) is 58.3 Å². The standard InChI is InChI=1S/C20H20N2O7S2/c1-21(15-9-10-31(27,28)13-15)19(23)12-29-20(24)14-7-8-18(17(11-14)22(25)26)30-16-5-3-2-4-6-16/h2-8,11,15H,9-10,12-13H2,1H3. The number of esters is 1. The van der Waals surface area contributed by atoms with Gasteiger partial charge in [-0.3, -0.25) is 14.9 Å². The number of hydrogen-bond donors (Lipinski definition) is 0. The normalized spacial score (nSPS) is 17.1. The summed E-state index contributed by atoms with van der Waals surface area (Å²) in [7, 11) is -1.70. The number of carbonyl (C=O) groups is 2. The number of nitro groups is 1. The Bertz CT molecular complexity index is 1100. The molecule has 1 amide bonds. The van der Waals surface area contributed by atoms with Crippen molar-refractivity contribution >= 4 is 39.2 Å². The number of likely N-dealkylation sites (N-methyl/N-ethyl adjacent to an activating group) is 1. The minimum absolute atomic E-state index is 0.0199. The fourth-order valence-electron chi connectivity index (χ4n) is 3.09. The molecule has 3 rings (SSSR count). The Morgan fingerprint density at radius 2 is 1.94 bits per heavy atom. The number of hydrogen-bond acceptors (Lipinski definition) is 8. The van der Waals surface area contributed by atoms with Crippen molar-refractivity contribution in [3.8, 4) is 0 Å². The molecule has 0 radical (unpaired) electrons. The molecule has 1 saturated heterocycles. The molecule has 1 aliphatic heterocycles. The van der Waals surface area contributed by atoms with Crippen molar-refractivity contribution in [2.45, 2.75) is 22.3 Å². The number of ether oxygens (including phenoxy) is 1. The van der Waals surface area contributed by atoms with Gasteiger partial charge in [0.15, 0.2) is 16.4 Å². The van der Waals surface area contributed by atoms with E-state index in [1.807, 2.05) is 30.3 Å². The lowest BCUT2D eigenvalue weighted by Gasteiger charge is -2.23. The molecular formula is C20H20N2O7S2. The highest BCUT2D eigenvalue weighted by Gasteiger charge is 2.33. The van der Waals surface area contributed by atoms with E-state index < -0.39 is 39.3 Å². The zero-order valence-electron chi connectivity index (χ0n) is 16.6. The Labute approximate surface area is 183 Å². The summed E-state index contributed by atoms with van der Waals surface area (Å²) in [5.41, 5.74) is -0.300. The van der Waals surface area contributed by atoms with E-state index in [-0.39, 0.29) is 22.8 Å². The lowest BCUT2D eigenvalue weighted by molar-refractivity contribution is -0.387. The molecule has 164 valence electrons. The molecule has 0 aliphatic carbocycles. The molecule has 1 heterocycles. The van der Waals surface area contributed by atoms with Crippen LogP contribution in [0.5, 0.6) is 0 Å². The van der Waals surface area contributed by atoms with Gasteiger partial charge in [-0.2, -0.15) is 0 Å². The average molecular weight is 465 g/mol. The fourth-order valence-corrected chi connectivity index (χ4v) is 5.78. The number of carbonyl (C=O) groups excluding carboxylic acids is 2.